The van der Waals surface area contributed by atoms with Gasteiger partial charge in [-0.2, -0.15) is 0 Å². The van der Waals surface area contributed by atoms with Gasteiger partial charge in [0.15, 0.2) is 0 Å². The first kappa shape index (κ1) is 30.5. The Morgan fingerprint density at radius 2 is 1.56 bits per heavy atom. The Morgan fingerprint density at radius 3 is 2.18 bits per heavy atom. The number of unbranched alkanes of at least 4 members (excludes halogenated alkanes) is 1. The molecule has 1 N–H and O–H groups in total. The summed E-state index contributed by atoms with van der Waals surface area (Å²) in [5.74, 6) is -0.831. The van der Waals surface area contributed by atoms with Crippen molar-refractivity contribution in [1.82, 2.24) is 10.2 Å². The highest BCUT2D eigenvalue weighted by Crippen LogP contribution is 2.23. The van der Waals surface area contributed by atoms with Gasteiger partial charge in [-0.25, -0.2) is 8.42 Å². The van der Waals surface area contributed by atoms with Gasteiger partial charge < -0.3 is 10.2 Å². The van der Waals surface area contributed by atoms with Crippen LogP contribution in [0.2, 0.25) is 10.0 Å². The third-order valence-corrected chi connectivity index (χ3v) is 7.76. The molecule has 0 saturated heterocycles. The maximum atomic E-state index is 14.0. The minimum Gasteiger partial charge on any atom is -0.354 e. The fourth-order valence-corrected chi connectivity index (χ4v) is 5.30. The van der Waals surface area contributed by atoms with Crippen LogP contribution in [0.1, 0.15) is 30.9 Å². The summed E-state index contributed by atoms with van der Waals surface area (Å²) < 4.78 is 26.6. The number of hydrogen-bond acceptors (Lipinski definition) is 4. The van der Waals surface area contributed by atoms with Crippen molar-refractivity contribution in [1.29, 1.82) is 0 Å². The molecular weight excluding hydrogens is 557 g/mol. The van der Waals surface area contributed by atoms with E-state index in [0.29, 0.717) is 27.8 Å². The Bertz CT molecular complexity index is 1350. The standard InChI is InChI=1S/C29H33Cl2N3O4S/c1-3-4-17-32-29(36)27(19-22-9-6-5-7-10-22)33(20-23-11-8-12-25(31)18-23)28(35)21-34(39(2,37)38)26-15-13-24(30)14-16-26/h5-16,18,27H,3-4,17,19-21H2,1-2H3,(H,32,36). The maximum Gasteiger partial charge on any atom is 0.244 e. The van der Waals surface area contributed by atoms with Gasteiger partial charge >= 0.3 is 0 Å². The average Bonchev–Trinajstić information content (AvgIpc) is 2.90. The lowest BCUT2D eigenvalue weighted by molar-refractivity contribution is -0.140. The molecule has 3 rings (SSSR count). The highest BCUT2D eigenvalue weighted by molar-refractivity contribution is 7.92. The lowest BCUT2D eigenvalue weighted by Gasteiger charge is -2.33. The molecule has 0 aliphatic heterocycles. The molecule has 0 heterocycles. The summed E-state index contributed by atoms with van der Waals surface area (Å²) in [6.07, 6.45) is 2.99. The molecular formula is C29H33Cl2N3O4S. The smallest absolute Gasteiger partial charge is 0.244 e. The van der Waals surface area contributed by atoms with Gasteiger partial charge in [0.2, 0.25) is 21.8 Å². The van der Waals surface area contributed by atoms with Crippen LogP contribution in [-0.2, 0) is 32.6 Å². The number of sulfonamides is 1. The second kappa shape index (κ2) is 14.4. The second-order valence-electron chi connectivity index (χ2n) is 9.25. The zero-order valence-electron chi connectivity index (χ0n) is 22.0. The number of rotatable bonds is 13. The van der Waals surface area contributed by atoms with Gasteiger partial charge in [-0.15, -0.1) is 0 Å². The van der Waals surface area contributed by atoms with Crippen LogP contribution in [0, 0.1) is 0 Å². The molecule has 1 unspecified atom stereocenters. The monoisotopic (exact) mass is 589 g/mol. The van der Waals surface area contributed by atoms with E-state index in [0.717, 1.165) is 29.0 Å². The number of nitrogens with one attached hydrogen (secondary N) is 1. The van der Waals surface area contributed by atoms with Crippen molar-refractivity contribution < 1.29 is 18.0 Å². The molecule has 0 bridgehead atoms. The van der Waals surface area contributed by atoms with Crippen LogP contribution in [0.3, 0.4) is 0 Å². The van der Waals surface area contributed by atoms with Gasteiger partial charge in [0.25, 0.3) is 0 Å². The van der Waals surface area contributed by atoms with Crippen molar-refractivity contribution in [2.24, 2.45) is 0 Å². The van der Waals surface area contributed by atoms with E-state index < -0.39 is 28.5 Å². The molecule has 3 aromatic rings. The highest BCUT2D eigenvalue weighted by atomic mass is 35.5. The van der Waals surface area contributed by atoms with Crippen molar-refractivity contribution in [2.45, 2.75) is 38.8 Å². The molecule has 0 aliphatic carbocycles. The predicted molar refractivity (Wildman–Crippen MR) is 157 cm³/mol. The number of amides is 2. The Balaban J connectivity index is 2.02. The van der Waals surface area contributed by atoms with Crippen LogP contribution < -0.4 is 9.62 Å². The SMILES string of the molecule is CCCCNC(=O)C(Cc1ccccc1)N(Cc1cccc(Cl)c1)C(=O)CN(c1ccc(Cl)cc1)S(C)(=O)=O. The van der Waals surface area contributed by atoms with E-state index in [1.807, 2.05) is 43.3 Å². The summed E-state index contributed by atoms with van der Waals surface area (Å²) in [6, 6.07) is 21.7. The summed E-state index contributed by atoms with van der Waals surface area (Å²) in [5, 5.41) is 3.88. The Labute approximate surface area is 240 Å². The topological polar surface area (TPSA) is 86.8 Å². The molecule has 3 aromatic carbocycles. The number of halogens is 2. The number of carbonyl (C=O) groups excluding carboxylic acids is 2. The van der Waals surface area contributed by atoms with E-state index in [2.05, 4.69) is 5.32 Å². The average molecular weight is 591 g/mol. The van der Waals surface area contributed by atoms with Crippen LogP contribution in [0.5, 0.6) is 0 Å². The fourth-order valence-electron chi connectivity index (χ4n) is 4.11. The normalized spacial score (nSPS) is 12.0. The molecule has 2 amide bonds. The second-order valence-corrected chi connectivity index (χ2v) is 12.0. The molecule has 10 heteroatoms. The lowest BCUT2D eigenvalue weighted by atomic mass is 10.0. The van der Waals surface area contributed by atoms with Crippen LogP contribution in [0.25, 0.3) is 0 Å². The molecule has 0 fully saturated rings. The van der Waals surface area contributed by atoms with Gasteiger partial charge in [-0.3, -0.25) is 13.9 Å². The summed E-state index contributed by atoms with van der Waals surface area (Å²) >= 11 is 12.2. The Morgan fingerprint density at radius 1 is 0.897 bits per heavy atom. The van der Waals surface area contributed by atoms with Gasteiger partial charge in [-0.05, 0) is 53.9 Å². The molecule has 208 valence electrons. The molecule has 1 atom stereocenters. The van der Waals surface area contributed by atoms with Crippen LogP contribution in [0.4, 0.5) is 5.69 Å². The molecule has 0 aromatic heterocycles. The molecule has 7 nitrogen and oxygen atoms in total. The molecule has 0 saturated carbocycles. The summed E-state index contributed by atoms with van der Waals surface area (Å²) in [4.78, 5) is 29.0. The molecule has 39 heavy (non-hydrogen) atoms. The van der Waals surface area contributed by atoms with Crippen molar-refractivity contribution in [3.63, 3.8) is 0 Å². The van der Waals surface area contributed by atoms with Crippen LogP contribution in [-0.4, -0.2) is 50.5 Å². The fraction of sp³-hybridized carbons (Fsp3) is 0.310. The molecule has 0 aliphatic rings. The minimum atomic E-state index is -3.84. The minimum absolute atomic E-state index is 0.0658. The predicted octanol–water partition coefficient (Wildman–Crippen LogP) is 5.32. The first-order valence-corrected chi connectivity index (χ1v) is 15.3. The first-order chi connectivity index (χ1) is 18.6. The van der Waals surface area contributed by atoms with E-state index >= 15 is 0 Å². The van der Waals surface area contributed by atoms with Gasteiger partial charge in [0, 0.05) is 29.6 Å². The summed E-state index contributed by atoms with van der Waals surface area (Å²) in [5.41, 5.74) is 1.88. The lowest BCUT2D eigenvalue weighted by Crippen LogP contribution is -2.53. The summed E-state index contributed by atoms with van der Waals surface area (Å²) in [7, 11) is -3.84. The van der Waals surface area contributed by atoms with Gasteiger partial charge in [0.1, 0.15) is 12.6 Å². The quantitative estimate of drug-likeness (QED) is 0.273. The van der Waals surface area contributed by atoms with Crippen molar-refractivity contribution in [2.75, 3.05) is 23.7 Å². The zero-order chi connectivity index (χ0) is 28.4. The van der Waals surface area contributed by atoms with Crippen molar-refractivity contribution in [3.05, 3.63) is 100 Å². The largest absolute Gasteiger partial charge is 0.354 e. The number of carbonyl (C=O) groups is 2. The number of nitrogens with zero attached hydrogens (tertiary/aromatic N) is 2. The van der Waals surface area contributed by atoms with Crippen LogP contribution >= 0.6 is 23.2 Å². The number of hydrogen-bond donors (Lipinski definition) is 1. The van der Waals surface area contributed by atoms with Crippen LogP contribution in [0.15, 0.2) is 78.9 Å². The Kier molecular flexibility index (Phi) is 11.2. The third-order valence-electron chi connectivity index (χ3n) is 6.14. The van der Waals surface area contributed by atoms with Gasteiger partial charge in [-0.1, -0.05) is 79.0 Å². The highest BCUT2D eigenvalue weighted by Gasteiger charge is 2.33. The number of benzene rings is 3. The Hall–Kier alpha value is -3.07. The first-order valence-electron chi connectivity index (χ1n) is 12.7. The van der Waals surface area contributed by atoms with E-state index in [1.54, 1.807) is 30.3 Å². The van der Waals surface area contributed by atoms with E-state index in [9.17, 15) is 18.0 Å². The third kappa shape index (κ3) is 9.27. The zero-order valence-corrected chi connectivity index (χ0v) is 24.3. The van der Waals surface area contributed by atoms with Crippen molar-refractivity contribution in [3.8, 4) is 0 Å². The van der Waals surface area contributed by atoms with Crippen molar-refractivity contribution >= 4 is 50.7 Å². The van der Waals surface area contributed by atoms with E-state index in [4.69, 9.17) is 23.2 Å². The number of anilines is 1. The molecule has 0 radical (unpaired) electrons. The molecule has 0 spiro atoms. The summed E-state index contributed by atoms with van der Waals surface area (Å²) in [6.45, 7) is 2.07. The van der Waals surface area contributed by atoms with E-state index in [-0.39, 0.29) is 18.9 Å². The maximum absolute atomic E-state index is 14.0. The van der Waals surface area contributed by atoms with Gasteiger partial charge in [0.05, 0.1) is 11.9 Å². The van der Waals surface area contributed by atoms with E-state index in [1.165, 1.54) is 17.0 Å².